The Bertz CT molecular complexity index is 993. The summed E-state index contributed by atoms with van der Waals surface area (Å²) in [7, 11) is -1.05. The van der Waals surface area contributed by atoms with Crippen LogP contribution in [-0.4, -0.2) is 44.5 Å². The van der Waals surface area contributed by atoms with Crippen molar-refractivity contribution in [3.05, 3.63) is 52.6 Å². The number of nitrogens with one attached hydrogen (secondary N) is 1. The van der Waals surface area contributed by atoms with Gasteiger partial charge >= 0.3 is 13.0 Å². The maximum absolute atomic E-state index is 13.5. The van der Waals surface area contributed by atoms with Crippen molar-refractivity contribution in [2.24, 2.45) is 5.92 Å². The monoisotopic (exact) mass is 424 g/mol. The van der Waals surface area contributed by atoms with E-state index in [0.29, 0.717) is 35.4 Å². The summed E-state index contributed by atoms with van der Waals surface area (Å²) in [6, 6.07) is 6.79. The molecule has 2 heterocycles. The van der Waals surface area contributed by atoms with E-state index < -0.39 is 24.5 Å². The molecule has 3 rings (SSSR count). The Balaban J connectivity index is 1.98. The number of aryl methyl sites for hydroxylation is 2. The van der Waals surface area contributed by atoms with Gasteiger partial charge in [-0.1, -0.05) is 26.8 Å². The number of fused-ring (bicyclic) bond motifs is 1. The molecule has 0 saturated carbocycles. The molecule has 0 unspecified atom stereocenters. The van der Waals surface area contributed by atoms with Crippen molar-refractivity contribution < 1.29 is 19.3 Å². The van der Waals surface area contributed by atoms with Crippen LogP contribution in [0.4, 0.5) is 0 Å². The summed E-state index contributed by atoms with van der Waals surface area (Å²) in [5.41, 5.74) is 5.19. The Hall–Kier alpha value is -2.78. The van der Waals surface area contributed by atoms with Crippen LogP contribution >= 0.6 is 0 Å². The van der Waals surface area contributed by atoms with Crippen molar-refractivity contribution in [3.8, 4) is 0 Å². The van der Waals surface area contributed by atoms with E-state index in [9.17, 15) is 14.6 Å². The van der Waals surface area contributed by atoms with Gasteiger partial charge in [-0.05, 0) is 62.3 Å². The Morgan fingerprint density at radius 2 is 1.90 bits per heavy atom. The molecule has 31 heavy (non-hydrogen) atoms. The molecule has 0 fully saturated rings. The maximum Gasteiger partial charge on any atom is 0.491 e. The highest BCUT2D eigenvalue weighted by Gasteiger charge is 2.40. The number of aromatic nitrogens is 2. The molecule has 1 aromatic carbocycles. The van der Waals surface area contributed by atoms with Crippen LogP contribution in [0.5, 0.6) is 0 Å². The normalized spacial score (nSPS) is 14.9. The van der Waals surface area contributed by atoms with Gasteiger partial charge in [-0.2, -0.15) is 0 Å². The summed E-state index contributed by atoms with van der Waals surface area (Å²) >= 11 is 0. The van der Waals surface area contributed by atoms with Crippen molar-refractivity contribution in [2.75, 3.05) is 0 Å². The highest BCUT2D eigenvalue weighted by molar-refractivity contribution is 6.61. The Morgan fingerprint density at radius 1 is 1.26 bits per heavy atom. The fourth-order valence-electron chi connectivity index (χ4n) is 3.68. The summed E-state index contributed by atoms with van der Waals surface area (Å²) in [5.74, 6) is -0.846. The number of nitrogens with zero attached hydrogens (tertiary/aromatic N) is 3. The van der Waals surface area contributed by atoms with Crippen LogP contribution in [-0.2, 0) is 11.3 Å². The topological polar surface area (TPSA) is 105 Å². The maximum atomic E-state index is 13.5. The summed E-state index contributed by atoms with van der Waals surface area (Å²) in [4.78, 5) is 35.2. The number of amides is 2. The number of carbonyl (C=O) groups is 2. The van der Waals surface area contributed by atoms with E-state index in [4.69, 9.17) is 4.65 Å². The van der Waals surface area contributed by atoms with Crippen molar-refractivity contribution in [1.82, 2.24) is 20.4 Å². The van der Waals surface area contributed by atoms with Crippen LogP contribution < -0.4 is 10.9 Å². The summed E-state index contributed by atoms with van der Waals surface area (Å²) in [6.07, 6.45) is 0.609. The average molecular weight is 424 g/mol. The fourth-order valence-corrected chi connectivity index (χ4v) is 3.68. The first-order valence-electron chi connectivity index (χ1n) is 10.5. The number of hydrogen-bond acceptors (Lipinski definition) is 6. The molecular weight excluding hydrogens is 395 g/mol. The van der Waals surface area contributed by atoms with Gasteiger partial charge in [-0.15, -0.1) is 0 Å². The number of benzene rings is 1. The second-order valence-electron chi connectivity index (χ2n) is 8.50. The first-order chi connectivity index (χ1) is 14.6. The van der Waals surface area contributed by atoms with E-state index in [2.05, 4.69) is 15.4 Å². The van der Waals surface area contributed by atoms with Gasteiger partial charge in [0.1, 0.15) is 0 Å². The standard InChI is InChI=1S/C22H29BN4O4/c1-7-22(6,13(2)3)27(21(29)19-24-14(4)10-15(5)25-19)26-20(28)16-8-9-17-12-31-23(30)18(17)11-16/h8-11,13,30H,7,12H2,1-6H3,(H,26,28)/t22-/m1/s1. The molecule has 2 amide bonds. The number of hydrogen-bond donors (Lipinski definition) is 2. The zero-order chi connectivity index (χ0) is 22.9. The molecule has 8 nitrogen and oxygen atoms in total. The molecule has 0 bridgehead atoms. The third kappa shape index (κ3) is 4.47. The molecule has 2 aromatic rings. The molecule has 9 heteroatoms. The first-order valence-corrected chi connectivity index (χ1v) is 10.5. The van der Waals surface area contributed by atoms with Gasteiger partial charge in [0.15, 0.2) is 0 Å². The lowest BCUT2D eigenvalue weighted by Gasteiger charge is -2.43. The highest BCUT2D eigenvalue weighted by Crippen LogP contribution is 2.28. The largest absolute Gasteiger partial charge is 0.491 e. The first kappa shape index (κ1) is 22.9. The number of rotatable bonds is 5. The average Bonchev–Trinajstić information content (AvgIpc) is 3.10. The third-order valence-electron chi connectivity index (χ3n) is 6.13. The van der Waals surface area contributed by atoms with Crippen molar-refractivity contribution in [1.29, 1.82) is 0 Å². The van der Waals surface area contributed by atoms with Crippen LogP contribution in [0.1, 0.15) is 72.0 Å². The molecule has 164 valence electrons. The minimum atomic E-state index is -1.05. The van der Waals surface area contributed by atoms with Gasteiger partial charge in [0.2, 0.25) is 5.82 Å². The molecule has 0 saturated heterocycles. The van der Waals surface area contributed by atoms with Crippen LogP contribution in [0.15, 0.2) is 24.3 Å². The lowest BCUT2D eigenvalue weighted by Crippen LogP contribution is -2.61. The van der Waals surface area contributed by atoms with E-state index in [-0.39, 0.29) is 11.7 Å². The van der Waals surface area contributed by atoms with Gasteiger partial charge in [-0.3, -0.25) is 15.0 Å². The van der Waals surface area contributed by atoms with Gasteiger partial charge in [0.05, 0.1) is 12.1 Å². The SMILES string of the molecule is CC[C@](C)(C(C)C)N(NC(=O)c1ccc2c(c1)B(O)OC2)C(=O)c1nc(C)cc(C)n1. The van der Waals surface area contributed by atoms with E-state index in [1.165, 1.54) is 5.01 Å². The van der Waals surface area contributed by atoms with Crippen molar-refractivity contribution in [3.63, 3.8) is 0 Å². The number of carbonyl (C=O) groups excluding carboxylic acids is 2. The molecule has 0 radical (unpaired) electrons. The molecule has 2 N–H and O–H groups in total. The quantitative estimate of drug-likeness (QED) is 0.562. The minimum Gasteiger partial charge on any atom is -0.423 e. The van der Waals surface area contributed by atoms with E-state index in [0.717, 1.165) is 5.56 Å². The lowest BCUT2D eigenvalue weighted by atomic mass is 9.79. The molecular formula is C22H29BN4O4. The second-order valence-corrected chi connectivity index (χ2v) is 8.50. The summed E-state index contributed by atoms with van der Waals surface area (Å²) < 4.78 is 5.20. The van der Waals surface area contributed by atoms with Gasteiger partial charge < -0.3 is 9.68 Å². The summed E-state index contributed by atoms with van der Waals surface area (Å²) in [6.45, 7) is 11.8. The van der Waals surface area contributed by atoms with Crippen molar-refractivity contribution in [2.45, 2.75) is 60.1 Å². The zero-order valence-corrected chi connectivity index (χ0v) is 18.9. The van der Waals surface area contributed by atoms with Crippen LogP contribution in [0.2, 0.25) is 0 Å². The minimum absolute atomic E-state index is 0.0379. The molecule has 1 aromatic heterocycles. The van der Waals surface area contributed by atoms with E-state index in [1.807, 2.05) is 27.7 Å². The zero-order valence-electron chi connectivity index (χ0n) is 18.9. The van der Waals surface area contributed by atoms with E-state index in [1.54, 1.807) is 38.1 Å². The Kier molecular flexibility index (Phi) is 6.47. The molecule has 0 spiro atoms. The molecule has 1 aliphatic heterocycles. The predicted octanol–water partition coefficient (Wildman–Crippen LogP) is 1.92. The lowest BCUT2D eigenvalue weighted by molar-refractivity contribution is 0.00973. The molecule has 1 atom stereocenters. The summed E-state index contributed by atoms with van der Waals surface area (Å²) in [5, 5.41) is 11.3. The Morgan fingerprint density at radius 3 is 2.48 bits per heavy atom. The van der Waals surface area contributed by atoms with Gasteiger partial charge in [0.25, 0.3) is 5.91 Å². The fraction of sp³-hybridized carbons (Fsp3) is 0.455. The van der Waals surface area contributed by atoms with Crippen LogP contribution in [0, 0.1) is 19.8 Å². The van der Waals surface area contributed by atoms with Crippen molar-refractivity contribution >= 4 is 24.4 Å². The highest BCUT2D eigenvalue weighted by atomic mass is 16.5. The van der Waals surface area contributed by atoms with Crippen LogP contribution in [0.3, 0.4) is 0 Å². The van der Waals surface area contributed by atoms with Gasteiger partial charge in [-0.25, -0.2) is 15.0 Å². The van der Waals surface area contributed by atoms with E-state index >= 15 is 0 Å². The predicted molar refractivity (Wildman–Crippen MR) is 118 cm³/mol. The second kappa shape index (κ2) is 8.76. The number of hydrazine groups is 1. The van der Waals surface area contributed by atoms with Crippen LogP contribution in [0.25, 0.3) is 0 Å². The third-order valence-corrected chi connectivity index (χ3v) is 6.13. The Labute approximate surface area is 183 Å². The molecule has 0 aliphatic carbocycles. The molecule has 1 aliphatic rings. The smallest absolute Gasteiger partial charge is 0.423 e. The van der Waals surface area contributed by atoms with Gasteiger partial charge in [0, 0.05) is 17.0 Å².